The zero-order valence-corrected chi connectivity index (χ0v) is 19.0. The molecule has 4 rings (SSSR count). The van der Waals surface area contributed by atoms with Crippen LogP contribution in [-0.2, 0) is 12.8 Å². The van der Waals surface area contributed by atoms with Crippen LogP contribution in [0.15, 0.2) is 18.2 Å². The molecule has 1 aromatic heterocycles. The maximum absolute atomic E-state index is 12.6. The molecule has 0 saturated carbocycles. The molecule has 0 spiro atoms. The number of nitrogens with one attached hydrogen (secondary N) is 2. The average Bonchev–Trinajstić information content (AvgIpc) is 3.19. The van der Waals surface area contributed by atoms with Gasteiger partial charge in [-0.15, -0.1) is 11.3 Å². The molecular weight excluding hydrogens is 434 g/mol. The van der Waals surface area contributed by atoms with E-state index in [9.17, 15) is 19.7 Å². The number of amides is 2. The Hall–Kier alpha value is -3.14. The van der Waals surface area contributed by atoms with Crippen molar-refractivity contribution in [3.63, 3.8) is 0 Å². The molecule has 1 atom stereocenters. The number of hydrazine groups is 1. The molecule has 2 aromatic rings. The van der Waals surface area contributed by atoms with Gasteiger partial charge in [0.1, 0.15) is 18.8 Å². The highest BCUT2D eigenvalue weighted by molar-refractivity contribution is 7.14. The summed E-state index contributed by atoms with van der Waals surface area (Å²) in [6.45, 7) is 7.24. The molecule has 0 fully saturated rings. The van der Waals surface area contributed by atoms with Crippen molar-refractivity contribution in [2.75, 3.05) is 13.2 Å². The van der Waals surface area contributed by atoms with Crippen LogP contribution >= 0.6 is 11.3 Å². The van der Waals surface area contributed by atoms with Gasteiger partial charge in [0.25, 0.3) is 17.5 Å². The summed E-state index contributed by atoms with van der Waals surface area (Å²) in [4.78, 5) is 37.7. The molecule has 32 heavy (non-hydrogen) atoms. The number of hydrogen-bond donors (Lipinski definition) is 2. The quantitative estimate of drug-likeness (QED) is 0.534. The van der Waals surface area contributed by atoms with E-state index in [1.54, 1.807) is 0 Å². The Morgan fingerprint density at radius 2 is 1.75 bits per heavy atom. The molecule has 1 aliphatic carbocycles. The molecule has 1 aromatic carbocycles. The van der Waals surface area contributed by atoms with Crippen molar-refractivity contribution in [2.24, 2.45) is 11.3 Å². The maximum Gasteiger partial charge on any atom is 0.286 e. The van der Waals surface area contributed by atoms with Crippen LogP contribution in [0.3, 0.4) is 0 Å². The molecule has 2 N–H and O–H groups in total. The lowest BCUT2D eigenvalue weighted by molar-refractivity contribution is -0.385. The first kappa shape index (κ1) is 22.1. The van der Waals surface area contributed by atoms with Crippen molar-refractivity contribution in [3.8, 4) is 11.5 Å². The molecule has 2 heterocycles. The van der Waals surface area contributed by atoms with E-state index in [2.05, 4.69) is 31.6 Å². The van der Waals surface area contributed by atoms with E-state index in [1.165, 1.54) is 27.8 Å². The van der Waals surface area contributed by atoms with Crippen molar-refractivity contribution >= 4 is 28.8 Å². The van der Waals surface area contributed by atoms with E-state index in [-0.39, 0.29) is 35.7 Å². The summed E-state index contributed by atoms with van der Waals surface area (Å²) in [5, 5.41) is 11.4. The number of benzene rings is 1. The number of fused-ring (bicyclic) bond motifs is 2. The summed E-state index contributed by atoms with van der Waals surface area (Å²) >= 11 is 1.42. The van der Waals surface area contributed by atoms with Crippen LogP contribution in [-0.4, -0.2) is 30.0 Å². The van der Waals surface area contributed by atoms with E-state index >= 15 is 0 Å². The summed E-state index contributed by atoms with van der Waals surface area (Å²) in [5.41, 5.74) is 5.38. The predicted octanol–water partition coefficient (Wildman–Crippen LogP) is 3.65. The standard InChI is InChI=1S/C22H25N3O6S/c1-22(2,3)13-4-5-18-12(8-13)9-19(32-18)21(27)24-23-20(26)14-10-16-17(31-7-6-30-16)11-15(14)25(28)29/h9-11,13H,4-8H2,1-3H3,(H,23,26)(H,24,27). The van der Waals surface area contributed by atoms with Gasteiger partial charge in [-0.25, -0.2) is 0 Å². The van der Waals surface area contributed by atoms with Crippen molar-refractivity contribution in [1.82, 2.24) is 10.9 Å². The minimum absolute atomic E-state index is 0.203. The second kappa shape index (κ2) is 8.42. The molecule has 2 amide bonds. The number of nitro groups is 1. The lowest BCUT2D eigenvalue weighted by Crippen LogP contribution is -2.41. The van der Waals surface area contributed by atoms with Crippen LogP contribution in [0.25, 0.3) is 0 Å². The molecular formula is C22H25N3O6S. The first-order chi connectivity index (χ1) is 15.1. The zero-order chi connectivity index (χ0) is 23.0. The number of thiophene rings is 1. The Morgan fingerprint density at radius 1 is 1.09 bits per heavy atom. The van der Waals surface area contributed by atoms with Crippen LogP contribution in [0.1, 0.15) is 57.7 Å². The highest BCUT2D eigenvalue weighted by Crippen LogP contribution is 2.40. The Labute approximate surface area is 189 Å². The minimum Gasteiger partial charge on any atom is -0.486 e. The number of ether oxygens (including phenoxy) is 2. The summed E-state index contributed by atoms with van der Waals surface area (Å²) in [6, 6.07) is 4.29. The van der Waals surface area contributed by atoms with Crippen molar-refractivity contribution < 1.29 is 24.0 Å². The number of nitrogens with zero attached hydrogens (tertiary/aromatic N) is 1. The lowest BCUT2D eigenvalue weighted by Gasteiger charge is -2.33. The average molecular weight is 460 g/mol. The van der Waals surface area contributed by atoms with Gasteiger partial charge < -0.3 is 9.47 Å². The van der Waals surface area contributed by atoms with Crippen LogP contribution in [0.5, 0.6) is 11.5 Å². The third kappa shape index (κ3) is 4.40. The van der Waals surface area contributed by atoms with E-state index in [1.807, 2.05) is 6.07 Å². The van der Waals surface area contributed by atoms with Crippen LogP contribution in [0.4, 0.5) is 5.69 Å². The van der Waals surface area contributed by atoms with Gasteiger partial charge in [0.2, 0.25) is 0 Å². The fourth-order valence-corrected chi connectivity index (χ4v) is 5.13. The largest absolute Gasteiger partial charge is 0.486 e. The second-order valence-electron chi connectivity index (χ2n) is 9.04. The van der Waals surface area contributed by atoms with Gasteiger partial charge in [-0.3, -0.25) is 30.6 Å². The zero-order valence-electron chi connectivity index (χ0n) is 18.1. The van der Waals surface area contributed by atoms with Crippen LogP contribution in [0, 0.1) is 21.4 Å². The summed E-state index contributed by atoms with van der Waals surface area (Å²) in [6.07, 6.45) is 2.95. The van der Waals surface area contributed by atoms with Gasteiger partial charge in [-0.1, -0.05) is 20.8 Å². The van der Waals surface area contributed by atoms with Crippen molar-refractivity contribution in [1.29, 1.82) is 0 Å². The van der Waals surface area contributed by atoms with E-state index in [0.29, 0.717) is 10.8 Å². The number of nitro benzene ring substituents is 1. The van der Waals surface area contributed by atoms with Gasteiger partial charge in [-0.05, 0) is 42.2 Å². The van der Waals surface area contributed by atoms with E-state index < -0.39 is 22.4 Å². The predicted molar refractivity (Wildman–Crippen MR) is 118 cm³/mol. The Bertz CT molecular complexity index is 1090. The number of carbonyl (C=O) groups excluding carboxylic acids is 2. The Kier molecular flexibility index (Phi) is 5.81. The van der Waals surface area contributed by atoms with E-state index in [4.69, 9.17) is 9.47 Å². The van der Waals surface area contributed by atoms with Gasteiger partial charge in [0.05, 0.1) is 15.9 Å². The highest BCUT2D eigenvalue weighted by atomic mass is 32.1. The van der Waals surface area contributed by atoms with E-state index in [0.717, 1.165) is 25.3 Å². The molecule has 0 bridgehead atoms. The molecule has 2 aliphatic rings. The Morgan fingerprint density at radius 3 is 2.41 bits per heavy atom. The monoisotopic (exact) mass is 459 g/mol. The van der Waals surface area contributed by atoms with Gasteiger partial charge in [-0.2, -0.15) is 0 Å². The molecule has 9 nitrogen and oxygen atoms in total. The second-order valence-corrected chi connectivity index (χ2v) is 10.2. The molecule has 10 heteroatoms. The number of hydrogen-bond acceptors (Lipinski definition) is 7. The number of aryl methyl sites for hydroxylation is 1. The first-order valence-electron chi connectivity index (χ1n) is 10.4. The van der Waals surface area contributed by atoms with Crippen LogP contribution < -0.4 is 20.3 Å². The summed E-state index contributed by atoms with van der Waals surface area (Å²) < 4.78 is 10.8. The number of rotatable bonds is 3. The van der Waals surface area contributed by atoms with Gasteiger partial charge in [0, 0.05) is 10.9 Å². The third-order valence-electron chi connectivity index (χ3n) is 5.92. The molecule has 1 aliphatic heterocycles. The first-order valence-corrected chi connectivity index (χ1v) is 11.3. The molecule has 0 saturated heterocycles. The topological polar surface area (TPSA) is 120 Å². The fourth-order valence-electron chi connectivity index (χ4n) is 4.03. The maximum atomic E-state index is 12.6. The van der Waals surface area contributed by atoms with Crippen molar-refractivity contribution in [2.45, 2.75) is 40.0 Å². The lowest BCUT2D eigenvalue weighted by atomic mass is 9.72. The molecule has 1 unspecified atom stereocenters. The smallest absolute Gasteiger partial charge is 0.286 e. The number of carbonyl (C=O) groups is 2. The van der Waals surface area contributed by atoms with Gasteiger partial charge in [0.15, 0.2) is 11.5 Å². The summed E-state index contributed by atoms with van der Waals surface area (Å²) in [7, 11) is 0. The van der Waals surface area contributed by atoms with Crippen LogP contribution in [0.2, 0.25) is 0 Å². The normalized spacial score (nSPS) is 17.3. The Balaban J connectivity index is 1.46. The SMILES string of the molecule is CC(C)(C)C1CCc2sc(C(=O)NNC(=O)c3cc4c(cc3[N+](=O)[O-])OCCO4)cc2C1. The highest BCUT2D eigenvalue weighted by Gasteiger charge is 2.31. The van der Waals surface area contributed by atoms with Crippen molar-refractivity contribution in [3.05, 3.63) is 49.2 Å². The van der Waals surface area contributed by atoms with Gasteiger partial charge >= 0.3 is 0 Å². The molecule has 170 valence electrons. The summed E-state index contributed by atoms with van der Waals surface area (Å²) in [5.74, 6) is -0.253. The molecule has 0 radical (unpaired) electrons. The third-order valence-corrected chi connectivity index (χ3v) is 7.16. The fraction of sp³-hybridized carbons (Fsp3) is 0.455. The minimum atomic E-state index is -0.809.